The van der Waals surface area contributed by atoms with Gasteiger partial charge in [0.25, 0.3) is 5.91 Å². The Morgan fingerprint density at radius 3 is 2.53 bits per heavy atom. The summed E-state index contributed by atoms with van der Waals surface area (Å²) in [5.74, 6) is 0.0448. The number of nitrogens with zero attached hydrogens (tertiary/aromatic N) is 5. The first-order chi connectivity index (χ1) is 15.3. The Labute approximate surface area is 190 Å². The molecule has 1 aromatic carbocycles. The number of aromatic nitrogens is 1. The van der Waals surface area contributed by atoms with E-state index in [2.05, 4.69) is 16.0 Å². The van der Waals surface area contributed by atoms with E-state index in [-0.39, 0.29) is 17.1 Å². The lowest BCUT2D eigenvalue weighted by atomic mass is 9.81. The molecule has 1 amide bonds. The zero-order valence-corrected chi connectivity index (χ0v) is 19.3. The Balaban J connectivity index is 1.67. The Kier molecular flexibility index (Phi) is 6.45. The largest absolute Gasteiger partial charge is 0.370 e. The molecule has 1 aromatic heterocycles. The first-order valence-electron chi connectivity index (χ1n) is 11.0. The van der Waals surface area contributed by atoms with Crippen LogP contribution in [-0.2, 0) is 11.0 Å². The Hall–Kier alpha value is -2.57. The van der Waals surface area contributed by atoms with Crippen LogP contribution in [0.5, 0.6) is 0 Å². The molecule has 3 heterocycles. The minimum atomic E-state index is -1.02. The second-order valence-corrected chi connectivity index (χ2v) is 10.4. The van der Waals surface area contributed by atoms with Crippen LogP contribution in [0.3, 0.4) is 0 Å². The molecule has 0 bridgehead atoms. The van der Waals surface area contributed by atoms with Gasteiger partial charge >= 0.3 is 0 Å². The number of carbonyl (C=O) groups is 1. The molecule has 2 aliphatic heterocycles. The summed E-state index contributed by atoms with van der Waals surface area (Å²) in [7, 11) is -1.02. The molecule has 2 aromatic rings. The van der Waals surface area contributed by atoms with Crippen molar-refractivity contribution in [2.75, 3.05) is 49.9 Å². The van der Waals surface area contributed by atoms with Crippen LogP contribution in [0.2, 0.25) is 0 Å². The summed E-state index contributed by atoms with van der Waals surface area (Å²) in [6.07, 6.45) is 2.95. The minimum Gasteiger partial charge on any atom is -0.370 e. The maximum Gasteiger partial charge on any atom is 0.257 e. The molecule has 0 N–H and O–H groups in total. The number of amides is 1. The van der Waals surface area contributed by atoms with E-state index < -0.39 is 11.0 Å². The number of fused-ring (bicyclic) bond motifs is 1. The summed E-state index contributed by atoms with van der Waals surface area (Å²) in [6, 6.07) is 6.84. The number of halogens is 1. The Bertz CT molecular complexity index is 1090. The van der Waals surface area contributed by atoms with Crippen molar-refractivity contribution < 1.29 is 13.4 Å². The molecule has 0 radical (unpaired) electrons. The number of anilines is 1. The summed E-state index contributed by atoms with van der Waals surface area (Å²) in [5, 5.41) is 10.1. The van der Waals surface area contributed by atoms with Gasteiger partial charge in [0, 0.05) is 56.6 Å². The van der Waals surface area contributed by atoms with Crippen molar-refractivity contribution in [3.8, 4) is 6.07 Å². The molecule has 4 rings (SSSR count). The van der Waals surface area contributed by atoms with Crippen molar-refractivity contribution in [2.24, 2.45) is 5.41 Å². The van der Waals surface area contributed by atoms with Crippen molar-refractivity contribution in [2.45, 2.75) is 26.7 Å². The number of rotatable bonds is 4. The van der Waals surface area contributed by atoms with Crippen LogP contribution < -0.4 is 4.90 Å². The van der Waals surface area contributed by atoms with Crippen LogP contribution in [-0.4, -0.2) is 69.3 Å². The van der Waals surface area contributed by atoms with Crippen LogP contribution in [0.4, 0.5) is 10.1 Å². The lowest BCUT2D eigenvalue weighted by Crippen LogP contribution is -2.49. The molecule has 2 saturated heterocycles. The molecule has 0 saturated carbocycles. The lowest BCUT2D eigenvalue weighted by Gasteiger charge is -2.38. The lowest BCUT2D eigenvalue weighted by molar-refractivity contribution is 0.0701. The standard InChI is InChI=1S/C23H28FN5O2S/c1-3-32(31)29-12-10-28(11-13-29)22(30)19-15-26-20-5-4-17(24)14-18(20)21(19)27-8-6-23(2,16-25)7-9-27/h4-5,14-15H,3,6-13H2,1-2H3. The van der Waals surface area contributed by atoms with Crippen molar-refractivity contribution in [3.05, 3.63) is 35.8 Å². The van der Waals surface area contributed by atoms with E-state index >= 15 is 0 Å². The molecule has 32 heavy (non-hydrogen) atoms. The zero-order valence-electron chi connectivity index (χ0n) is 18.5. The SMILES string of the molecule is CCS(=O)N1CCN(C(=O)c2cnc3ccc(F)cc3c2N2CCC(C)(C#N)CC2)CC1. The van der Waals surface area contributed by atoms with Crippen molar-refractivity contribution in [3.63, 3.8) is 0 Å². The van der Waals surface area contributed by atoms with Crippen LogP contribution in [0.15, 0.2) is 24.4 Å². The molecule has 9 heteroatoms. The average Bonchev–Trinajstić information content (AvgIpc) is 2.83. The second-order valence-electron chi connectivity index (χ2n) is 8.67. The maximum absolute atomic E-state index is 14.2. The second kappa shape index (κ2) is 9.12. The van der Waals surface area contributed by atoms with Gasteiger partial charge in [0.2, 0.25) is 0 Å². The van der Waals surface area contributed by atoms with Crippen LogP contribution in [0, 0.1) is 22.6 Å². The fraction of sp³-hybridized carbons (Fsp3) is 0.522. The Morgan fingerprint density at radius 1 is 1.22 bits per heavy atom. The number of piperidine rings is 1. The Morgan fingerprint density at radius 2 is 1.91 bits per heavy atom. The minimum absolute atomic E-state index is 0.144. The number of carbonyl (C=O) groups excluding carboxylic acids is 1. The van der Waals surface area contributed by atoms with E-state index in [0.29, 0.717) is 80.0 Å². The summed E-state index contributed by atoms with van der Waals surface area (Å²) >= 11 is 0. The van der Waals surface area contributed by atoms with Gasteiger partial charge in [-0.2, -0.15) is 5.26 Å². The number of pyridine rings is 1. The van der Waals surface area contributed by atoms with Gasteiger partial charge in [-0.05, 0) is 38.0 Å². The van der Waals surface area contributed by atoms with Gasteiger partial charge < -0.3 is 9.80 Å². The number of nitriles is 1. The highest BCUT2D eigenvalue weighted by Gasteiger charge is 2.33. The maximum atomic E-state index is 14.2. The number of hydrogen-bond acceptors (Lipinski definition) is 5. The van der Waals surface area contributed by atoms with Gasteiger partial charge in [0.1, 0.15) is 5.82 Å². The predicted molar refractivity (Wildman–Crippen MR) is 123 cm³/mol. The topological polar surface area (TPSA) is 80.5 Å². The van der Waals surface area contributed by atoms with E-state index in [1.807, 2.05) is 18.2 Å². The van der Waals surface area contributed by atoms with Crippen LogP contribution in [0.25, 0.3) is 10.9 Å². The number of hydrogen-bond donors (Lipinski definition) is 0. The molecule has 170 valence electrons. The summed E-state index contributed by atoms with van der Waals surface area (Å²) in [6.45, 7) is 7.15. The normalized spacial score (nSPS) is 20.2. The van der Waals surface area contributed by atoms with Gasteiger partial charge in [0.05, 0.1) is 39.2 Å². The van der Waals surface area contributed by atoms with Crippen LogP contribution in [0.1, 0.15) is 37.0 Å². The molecule has 0 spiro atoms. The fourth-order valence-corrected chi connectivity index (χ4v) is 5.37. The monoisotopic (exact) mass is 457 g/mol. The zero-order chi connectivity index (χ0) is 22.9. The summed E-state index contributed by atoms with van der Waals surface area (Å²) < 4.78 is 28.2. The molecule has 2 aliphatic rings. The first kappa shape index (κ1) is 22.6. The molecular formula is C23H28FN5O2S. The van der Waals surface area contributed by atoms with Crippen molar-refractivity contribution >= 4 is 33.5 Å². The molecule has 1 atom stereocenters. The third-order valence-electron chi connectivity index (χ3n) is 6.55. The van der Waals surface area contributed by atoms with Crippen LogP contribution >= 0.6 is 0 Å². The fourth-order valence-electron chi connectivity index (χ4n) is 4.43. The van der Waals surface area contributed by atoms with Gasteiger partial charge in [-0.25, -0.2) is 12.9 Å². The number of piperazine rings is 1. The average molecular weight is 458 g/mol. The van der Waals surface area contributed by atoms with E-state index in [0.717, 1.165) is 0 Å². The third-order valence-corrected chi connectivity index (χ3v) is 7.98. The predicted octanol–water partition coefficient (Wildman–Crippen LogP) is 2.95. The molecule has 1 unspecified atom stereocenters. The summed E-state index contributed by atoms with van der Waals surface area (Å²) in [5.41, 5.74) is 1.39. The van der Waals surface area contributed by atoms with E-state index in [4.69, 9.17) is 0 Å². The quantitative estimate of drug-likeness (QED) is 0.705. The molecule has 0 aliphatic carbocycles. The first-order valence-corrected chi connectivity index (χ1v) is 12.3. The summed E-state index contributed by atoms with van der Waals surface area (Å²) in [4.78, 5) is 21.8. The van der Waals surface area contributed by atoms with Gasteiger partial charge in [-0.3, -0.25) is 9.78 Å². The molecular weight excluding hydrogens is 429 g/mol. The van der Waals surface area contributed by atoms with Crippen molar-refractivity contribution in [1.82, 2.24) is 14.2 Å². The van der Waals surface area contributed by atoms with Gasteiger partial charge in [-0.1, -0.05) is 6.92 Å². The van der Waals surface area contributed by atoms with E-state index in [1.54, 1.807) is 17.2 Å². The van der Waals surface area contributed by atoms with E-state index in [9.17, 15) is 18.7 Å². The van der Waals surface area contributed by atoms with E-state index in [1.165, 1.54) is 12.1 Å². The molecule has 2 fully saturated rings. The smallest absolute Gasteiger partial charge is 0.257 e. The highest BCUT2D eigenvalue weighted by atomic mass is 32.2. The van der Waals surface area contributed by atoms with Gasteiger partial charge in [-0.15, -0.1) is 0 Å². The highest BCUT2D eigenvalue weighted by molar-refractivity contribution is 7.82. The number of benzene rings is 1. The highest BCUT2D eigenvalue weighted by Crippen LogP contribution is 2.37. The third kappa shape index (κ3) is 4.34. The molecule has 7 nitrogen and oxygen atoms in total. The van der Waals surface area contributed by atoms with Gasteiger partial charge in [0.15, 0.2) is 0 Å². The van der Waals surface area contributed by atoms with Crippen molar-refractivity contribution in [1.29, 1.82) is 5.26 Å².